The molecule has 0 aliphatic rings. The number of rotatable bonds is 6. The summed E-state index contributed by atoms with van der Waals surface area (Å²) in [5.41, 5.74) is 1.75. The molecule has 0 fully saturated rings. The van der Waals surface area contributed by atoms with Crippen molar-refractivity contribution in [2.45, 2.75) is 18.9 Å². The number of aliphatic hydroxyl groups is 1. The molecule has 0 heterocycles. The van der Waals surface area contributed by atoms with E-state index in [1.54, 1.807) is 36.4 Å². The van der Waals surface area contributed by atoms with Gasteiger partial charge >= 0.3 is 6.09 Å². The molecule has 2 rings (SSSR count). The van der Waals surface area contributed by atoms with Crippen LogP contribution in [0.2, 0.25) is 0 Å². The number of aliphatic hydroxyl groups excluding tert-OH is 1. The van der Waals surface area contributed by atoms with Gasteiger partial charge in [0.2, 0.25) is 0 Å². The van der Waals surface area contributed by atoms with Gasteiger partial charge in [-0.1, -0.05) is 12.1 Å². The quantitative estimate of drug-likeness (QED) is 0.755. The number of nitrogens with zero attached hydrogens (tertiary/aromatic N) is 1. The van der Waals surface area contributed by atoms with Crippen LogP contribution in [-0.2, 0) is 4.74 Å². The summed E-state index contributed by atoms with van der Waals surface area (Å²) in [6.07, 6.45) is -0.218. The molecule has 0 saturated carbocycles. The Balaban J connectivity index is 2.03. The second-order valence-corrected chi connectivity index (χ2v) is 5.17. The Kier molecular flexibility index (Phi) is 6.17. The predicted octanol–water partition coefficient (Wildman–Crippen LogP) is 3.33. The fourth-order valence-electron chi connectivity index (χ4n) is 2.16. The lowest BCUT2D eigenvalue weighted by atomic mass is 10.0. The molecule has 0 aliphatic heterocycles. The van der Waals surface area contributed by atoms with Crippen molar-refractivity contribution in [2.75, 3.05) is 11.9 Å². The number of benzene rings is 2. The van der Waals surface area contributed by atoms with E-state index in [4.69, 9.17) is 15.1 Å². The lowest BCUT2D eigenvalue weighted by molar-refractivity contribution is 0.0995. The number of aromatic hydroxyl groups is 1. The van der Waals surface area contributed by atoms with Crippen LogP contribution < -0.4 is 5.32 Å². The number of phenols is 1. The van der Waals surface area contributed by atoms with Gasteiger partial charge in [0.15, 0.2) is 0 Å². The number of anilines is 1. The number of nitriles is 1. The van der Waals surface area contributed by atoms with E-state index >= 15 is 0 Å². The fraction of sp³-hybridized carbons (Fsp3) is 0.222. The number of hydrogen-bond donors (Lipinski definition) is 3. The zero-order valence-electron chi connectivity index (χ0n) is 13.0. The van der Waals surface area contributed by atoms with Crippen molar-refractivity contribution < 1.29 is 19.7 Å². The normalized spacial score (nSPS) is 11.3. The van der Waals surface area contributed by atoms with Crippen LogP contribution in [0.4, 0.5) is 10.5 Å². The van der Waals surface area contributed by atoms with E-state index in [1.165, 1.54) is 12.1 Å². The summed E-state index contributed by atoms with van der Waals surface area (Å²) in [5.74, 6) is 0.127. The third kappa shape index (κ3) is 5.00. The van der Waals surface area contributed by atoms with Gasteiger partial charge in [-0.05, 0) is 54.8 Å². The number of carbonyl (C=O) groups is 1. The van der Waals surface area contributed by atoms with Crippen LogP contribution in [0.5, 0.6) is 5.75 Å². The van der Waals surface area contributed by atoms with Crippen molar-refractivity contribution in [3.8, 4) is 11.8 Å². The largest absolute Gasteiger partial charge is 0.508 e. The van der Waals surface area contributed by atoms with Crippen molar-refractivity contribution >= 4 is 11.8 Å². The van der Waals surface area contributed by atoms with E-state index in [1.807, 2.05) is 6.07 Å². The lowest BCUT2D eigenvalue weighted by Gasteiger charge is -2.18. The summed E-state index contributed by atoms with van der Waals surface area (Å²) in [6.45, 7) is -0.00478. The van der Waals surface area contributed by atoms with Crippen LogP contribution in [0.3, 0.4) is 0 Å². The number of nitrogens with one attached hydrogen (secondary N) is 1. The maximum absolute atomic E-state index is 12.1. The average Bonchev–Trinajstić information content (AvgIpc) is 2.60. The number of phenolic OH excluding ortho intramolecular Hbond substituents is 1. The van der Waals surface area contributed by atoms with E-state index in [2.05, 4.69) is 5.32 Å². The van der Waals surface area contributed by atoms with Crippen LogP contribution in [0, 0.1) is 11.3 Å². The van der Waals surface area contributed by atoms with Gasteiger partial charge in [0.1, 0.15) is 11.9 Å². The smallest absolute Gasteiger partial charge is 0.412 e. The van der Waals surface area contributed by atoms with Gasteiger partial charge in [0, 0.05) is 12.3 Å². The van der Waals surface area contributed by atoms with Gasteiger partial charge < -0.3 is 14.9 Å². The average molecular weight is 326 g/mol. The third-order valence-electron chi connectivity index (χ3n) is 3.40. The van der Waals surface area contributed by atoms with Crippen LogP contribution in [0.25, 0.3) is 0 Å². The summed E-state index contributed by atoms with van der Waals surface area (Å²) in [7, 11) is 0. The first kappa shape index (κ1) is 17.3. The summed E-state index contributed by atoms with van der Waals surface area (Å²) >= 11 is 0. The fourth-order valence-corrected chi connectivity index (χ4v) is 2.16. The second kappa shape index (κ2) is 8.56. The molecule has 1 atom stereocenters. The molecule has 3 N–H and O–H groups in total. The third-order valence-corrected chi connectivity index (χ3v) is 3.40. The molecular weight excluding hydrogens is 308 g/mol. The van der Waals surface area contributed by atoms with Crippen molar-refractivity contribution in [2.24, 2.45) is 0 Å². The van der Waals surface area contributed by atoms with E-state index in [0.717, 1.165) is 5.56 Å². The molecule has 0 radical (unpaired) electrons. The van der Waals surface area contributed by atoms with E-state index in [-0.39, 0.29) is 12.4 Å². The van der Waals surface area contributed by atoms with Gasteiger partial charge in [-0.2, -0.15) is 5.26 Å². The first-order chi connectivity index (χ1) is 11.6. The molecule has 0 spiro atoms. The highest BCUT2D eigenvalue weighted by Gasteiger charge is 2.17. The number of amides is 1. The lowest BCUT2D eigenvalue weighted by Crippen LogP contribution is -2.18. The number of hydrogen-bond acceptors (Lipinski definition) is 5. The molecule has 6 nitrogen and oxygen atoms in total. The standard InChI is InChI=1S/C18H18N2O4/c19-12-13-3-7-15(8-4-13)20-18(23)24-17(2-1-11-21)14-5-9-16(22)10-6-14/h3-10,17,21-22H,1-2,11H2,(H,20,23)/t17-/m1/s1. The molecule has 2 aromatic carbocycles. The number of ether oxygens (including phenoxy) is 1. The monoisotopic (exact) mass is 326 g/mol. The molecule has 1 amide bonds. The Labute approximate surface area is 139 Å². The molecule has 0 aliphatic carbocycles. The summed E-state index contributed by atoms with van der Waals surface area (Å²) in [5, 5.41) is 29.7. The van der Waals surface area contributed by atoms with Gasteiger partial charge in [0.25, 0.3) is 0 Å². The van der Waals surface area contributed by atoms with Gasteiger partial charge in [-0.25, -0.2) is 4.79 Å². The summed E-state index contributed by atoms with van der Waals surface area (Å²) in [6, 6.07) is 14.8. The van der Waals surface area contributed by atoms with Crippen LogP contribution in [0.15, 0.2) is 48.5 Å². The van der Waals surface area contributed by atoms with Crippen LogP contribution in [0.1, 0.15) is 30.1 Å². The molecule has 24 heavy (non-hydrogen) atoms. The van der Waals surface area contributed by atoms with Gasteiger partial charge in [-0.3, -0.25) is 5.32 Å². The Morgan fingerprint density at radius 2 is 1.83 bits per heavy atom. The molecule has 0 saturated heterocycles. The topological polar surface area (TPSA) is 103 Å². The molecule has 0 bridgehead atoms. The van der Waals surface area contributed by atoms with Crippen LogP contribution in [-0.4, -0.2) is 22.9 Å². The van der Waals surface area contributed by atoms with Gasteiger partial charge in [-0.15, -0.1) is 0 Å². The van der Waals surface area contributed by atoms with E-state index in [0.29, 0.717) is 24.1 Å². The minimum absolute atomic E-state index is 0.00478. The Bertz CT molecular complexity index is 705. The number of carbonyl (C=O) groups excluding carboxylic acids is 1. The minimum Gasteiger partial charge on any atom is -0.508 e. The Morgan fingerprint density at radius 3 is 2.42 bits per heavy atom. The highest BCUT2D eigenvalue weighted by atomic mass is 16.6. The van der Waals surface area contributed by atoms with Crippen molar-refractivity contribution in [1.82, 2.24) is 0 Å². The summed E-state index contributed by atoms with van der Waals surface area (Å²) in [4.78, 5) is 12.1. The van der Waals surface area contributed by atoms with Crippen molar-refractivity contribution in [3.05, 3.63) is 59.7 Å². The zero-order valence-corrected chi connectivity index (χ0v) is 13.0. The maximum Gasteiger partial charge on any atom is 0.412 e. The highest BCUT2D eigenvalue weighted by molar-refractivity contribution is 5.84. The summed E-state index contributed by atoms with van der Waals surface area (Å²) < 4.78 is 5.43. The molecule has 124 valence electrons. The second-order valence-electron chi connectivity index (χ2n) is 5.17. The van der Waals surface area contributed by atoms with Crippen molar-refractivity contribution in [3.63, 3.8) is 0 Å². The van der Waals surface area contributed by atoms with Crippen molar-refractivity contribution in [1.29, 1.82) is 5.26 Å². The first-order valence-electron chi connectivity index (χ1n) is 7.50. The maximum atomic E-state index is 12.1. The van der Waals surface area contributed by atoms with E-state index in [9.17, 15) is 9.90 Å². The predicted molar refractivity (Wildman–Crippen MR) is 88.4 cm³/mol. The molecule has 0 unspecified atom stereocenters. The highest BCUT2D eigenvalue weighted by Crippen LogP contribution is 2.25. The zero-order chi connectivity index (χ0) is 17.4. The van der Waals surface area contributed by atoms with Gasteiger partial charge in [0.05, 0.1) is 11.6 Å². The SMILES string of the molecule is N#Cc1ccc(NC(=O)O[C@H](CCCO)c2ccc(O)cc2)cc1. The molecular formula is C18H18N2O4. The van der Waals surface area contributed by atoms with Crippen LogP contribution >= 0.6 is 0 Å². The first-order valence-corrected chi connectivity index (χ1v) is 7.50. The minimum atomic E-state index is -0.629. The Morgan fingerprint density at radius 1 is 1.17 bits per heavy atom. The molecule has 6 heteroatoms. The Hall–Kier alpha value is -3.04. The molecule has 0 aromatic heterocycles. The van der Waals surface area contributed by atoms with E-state index < -0.39 is 12.2 Å². The molecule has 2 aromatic rings.